The van der Waals surface area contributed by atoms with Crippen LogP contribution in [-0.2, 0) is 29.1 Å². The quantitative estimate of drug-likeness (QED) is 0.432. The molecule has 0 saturated carbocycles. The van der Waals surface area contributed by atoms with Crippen LogP contribution in [0.3, 0.4) is 0 Å². The molecule has 3 aromatic rings. The predicted octanol–water partition coefficient (Wildman–Crippen LogP) is 4.54. The molecule has 0 bridgehead atoms. The number of methoxy groups -OCH3 is 1. The number of rotatable bonds is 11. The van der Waals surface area contributed by atoms with Gasteiger partial charge in [-0.15, -0.1) is 0 Å². The van der Waals surface area contributed by atoms with Gasteiger partial charge >= 0.3 is 0 Å². The van der Waals surface area contributed by atoms with Crippen LogP contribution in [0.5, 0.6) is 5.75 Å². The average Bonchev–Trinajstić information content (AvgIpc) is 3.32. The molecule has 2 aromatic carbocycles. The van der Waals surface area contributed by atoms with E-state index in [1.54, 1.807) is 23.2 Å². The SMILES string of the molecule is COc1ccc(CC(=O)N(CC(=O)N(Cc2ccccc2)Cc2ccco2)CC(C)C)cc1. The molecule has 0 unspecified atom stereocenters. The summed E-state index contributed by atoms with van der Waals surface area (Å²) in [5.74, 6) is 1.51. The maximum Gasteiger partial charge on any atom is 0.242 e. The molecule has 3 rings (SSSR count). The lowest BCUT2D eigenvalue weighted by atomic mass is 10.1. The van der Waals surface area contributed by atoms with Crippen LogP contribution in [-0.4, -0.2) is 41.8 Å². The Morgan fingerprint density at radius 2 is 1.58 bits per heavy atom. The molecule has 0 saturated heterocycles. The molecule has 0 atom stereocenters. The number of furan rings is 1. The number of carbonyl (C=O) groups excluding carboxylic acids is 2. The first-order valence-electron chi connectivity index (χ1n) is 11.2. The Kier molecular flexibility index (Phi) is 8.70. The van der Waals surface area contributed by atoms with Gasteiger partial charge in [-0.1, -0.05) is 56.3 Å². The summed E-state index contributed by atoms with van der Waals surface area (Å²) in [5, 5.41) is 0. The largest absolute Gasteiger partial charge is 0.497 e. The van der Waals surface area contributed by atoms with Gasteiger partial charge in [0.15, 0.2) is 0 Å². The smallest absolute Gasteiger partial charge is 0.242 e. The van der Waals surface area contributed by atoms with Crippen molar-refractivity contribution in [2.75, 3.05) is 20.2 Å². The first kappa shape index (κ1) is 24.1. The molecule has 0 spiro atoms. The molecule has 0 N–H and O–H groups in total. The van der Waals surface area contributed by atoms with E-state index in [1.807, 2.05) is 80.6 Å². The van der Waals surface area contributed by atoms with Crippen LogP contribution in [0, 0.1) is 5.92 Å². The fourth-order valence-electron chi connectivity index (χ4n) is 3.62. The third kappa shape index (κ3) is 7.52. The Labute approximate surface area is 195 Å². The average molecular weight is 449 g/mol. The molecule has 0 aliphatic rings. The molecule has 2 amide bonds. The van der Waals surface area contributed by atoms with Gasteiger partial charge in [0.1, 0.15) is 11.5 Å². The highest BCUT2D eigenvalue weighted by atomic mass is 16.5. The Bertz CT molecular complexity index is 998. The molecule has 0 aliphatic heterocycles. The summed E-state index contributed by atoms with van der Waals surface area (Å²) in [6, 6.07) is 20.9. The van der Waals surface area contributed by atoms with Crippen LogP contribution in [0.1, 0.15) is 30.7 Å². The summed E-state index contributed by atoms with van der Waals surface area (Å²) >= 11 is 0. The van der Waals surface area contributed by atoms with E-state index in [0.29, 0.717) is 25.4 Å². The number of ether oxygens (including phenoxy) is 1. The zero-order valence-corrected chi connectivity index (χ0v) is 19.6. The third-order valence-corrected chi connectivity index (χ3v) is 5.27. The van der Waals surface area contributed by atoms with Crippen LogP contribution in [0.2, 0.25) is 0 Å². The highest BCUT2D eigenvalue weighted by Crippen LogP contribution is 2.15. The van der Waals surface area contributed by atoms with Crippen LogP contribution in [0.25, 0.3) is 0 Å². The minimum absolute atomic E-state index is 0.0285. The minimum Gasteiger partial charge on any atom is -0.497 e. The Balaban J connectivity index is 1.73. The number of carbonyl (C=O) groups is 2. The van der Waals surface area contributed by atoms with Gasteiger partial charge in [-0.25, -0.2) is 0 Å². The van der Waals surface area contributed by atoms with Crippen LogP contribution in [0.4, 0.5) is 0 Å². The third-order valence-electron chi connectivity index (χ3n) is 5.27. The fraction of sp³-hybridized carbons (Fsp3) is 0.333. The molecule has 1 aromatic heterocycles. The van der Waals surface area contributed by atoms with Crippen molar-refractivity contribution in [1.29, 1.82) is 0 Å². The molecule has 0 fully saturated rings. The van der Waals surface area contributed by atoms with Crippen LogP contribution in [0.15, 0.2) is 77.4 Å². The summed E-state index contributed by atoms with van der Waals surface area (Å²) in [5.41, 5.74) is 1.91. The van der Waals surface area contributed by atoms with Crippen molar-refractivity contribution < 1.29 is 18.7 Å². The zero-order valence-electron chi connectivity index (χ0n) is 19.6. The van der Waals surface area contributed by atoms with Crippen molar-refractivity contribution in [3.05, 3.63) is 89.9 Å². The number of amides is 2. The van der Waals surface area contributed by atoms with Gasteiger partial charge in [0, 0.05) is 13.1 Å². The Morgan fingerprint density at radius 1 is 0.848 bits per heavy atom. The van der Waals surface area contributed by atoms with E-state index in [-0.39, 0.29) is 30.7 Å². The van der Waals surface area contributed by atoms with Gasteiger partial charge in [-0.2, -0.15) is 0 Å². The van der Waals surface area contributed by atoms with Crippen molar-refractivity contribution in [3.8, 4) is 5.75 Å². The van der Waals surface area contributed by atoms with E-state index in [9.17, 15) is 9.59 Å². The van der Waals surface area contributed by atoms with E-state index in [2.05, 4.69) is 0 Å². The molecule has 33 heavy (non-hydrogen) atoms. The summed E-state index contributed by atoms with van der Waals surface area (Å²) in [6.07, 6.45) is 1.84. The Hall–Kier alpha value is -3.54. The second kappa shape index (κ2) is 11.9. The van der Waals surface area contributed by atoms with Gasteiger partial charge in [0.05, 0.1) is 32.9 Å². The molecule has 6 heteroatoms. The molecule has 174 valence electrons. The molecular weight excluding hydrogens is 416 g/mol. The van der Waals surface area contributed by atoms with Gasteiger partial charge < -0.3 is 19.0 Å². The first-order valence-corrected chi connectivity index (χ1v) is 11.2. The van der Waals surface area contributed by atoms with Gasteiger partial charge in [-0.3, -0.25) is 9.59 Å². The van der Waals surface area contributed by atoms with E-state index in [0.717, 1.165) is 16.9 Å². The first-order chi connectivity index (χ1) is 15.9. The maximum absolute atomic E-state index is 13.4. The predicted molar refractivity (Wildman–Crippen MR) is 128 cm³/mol. The van der Waals surface area contributed by atoms with E-state index < -0.39 is 0 Å². The van der Waals surface area contributed by atoms with Gasteiger partial charge in [0.2, 0.25) is 11.8 Å². The minimum atomic E-state index is -0.112. The van der Waals surface area contributed by atoms with Crippen molar-refractivity contribution in [2.45, 2.75) is 33.4 Å². The lowest BCUT2D eigenvalue weighted by Gasteiger charge is -2.28. The van der Waals surface area contributed by atoms with Gasteiger partial charge in [-0.05, 0) is 41.3 Å². The summed E-state index contributed by atoms with van der Waals surface area (Å²) < 4.78 is 10.7. The zero-order chi connectivity index (χ0) is 23.6. The number of hydrogen-bond donors (Lipinski definition) is 0. The highest BCUT2D eigenvalue weighted by molar-refractivity contribution is 5.86. The number of hydrogen-bond acceptors (Lipinski definition) is 4. The van der Waals surface area contributed by atoms with E-state index in [1.165, 1.54) is 0 Å². The number of nitrogens with zero attached hydrogens (tertiary/aromatic N) is 2. The monoisotopic (exact) mass is 448 g/mol. The molecule has 0 aliphatic carbocycles. The molecular formula is C27H32N2O4. The van der Waals surface area contributed by atoms with Crippen molar-refractivity contribution in [3.63, 3.8) is 0 Å². The fourth-order valence-corrected chi connectivity index (χ4v) is 3.62. The Morgan fingerprint density at radius 3 is 2.18 bits per heavy atom. The van der Waals surface area contributed by atoms with E-state index >= 15 is 0 Å². The lowest BCUT2D eigenvalue weighted by molar-refractivity contribution is -0.141. The normalized spacial score (nSPS) is 10.8. The molecule has 0 radical (unpaired) electrons. The van der Waals surface area contributed by atoms with Gasteiger partial charge in [0.25, 0.3) is 0 Å². The number of benzene rings is 2. The maximum atomic E-state index is 13.4. The molecule has 6 nitrogen and oxygen atoms in total. The topological polar surface area (TPSA) is 63.0 Å². The highest BCUT2D eigenvalue weighted by Gasteiger charge is 2.23. The standard InChI is InChI=1S/C27H32N2O4/c1-21(2)17-28(26(30)16-22-11-13-24(32-3)14-12-22)20-27(31)29(19-25-10-7-15-33-25)18-23-8-5-4-6-9-23/h4-15,21H,16-20H2,1-3H3. The van der Waals surface area contributed by atoms with Crippen molar-refractivity contribution in [2.24, 2.45) is 5.92 Å². The summed E-state index contributed by atoms with van der Waals surface area (Å²) in [7, 11) is 1.61. The second-order valence-corrected chi connectivity index (χ2v) is 8.51. The van der Waals surface area contributed by atoms with Crippen LogP contribution >= 0.6 is 0 Å². The van der Waals surface area contributed by atoms with E-state index in [4.69, 9.17) is 9.15 Å². The second-order valence-electron chi connectivity index (χ2n) is 8.51. The molecule has 1 heterocycles. The summed E-state index contributed by atoms with van der Waals surface area (Å²) in [4.78, 5) is 29.9. The summed E-state index contributed by atoms with van der Waals surface area (Å²) in [6.45, 7) is 5.43. The van der Waals surface area contributed by atoms with Crippen molar-refractivity contribution in [1.82, 2.24) is 9.80 Å². The van der Waals surface area contributed by atoms with Crippen molar-refractivity contribution >= 4 is 11.8 Å². The lowest BCUT2D eigenvalue weighted by Crippen LogP contribution is -2.44. The van der Waals surface area contributed by atoms with Crippen LogP contribution < -0.4 is 4.74 Å².